The van der Waals surface area contributed by atoms with Crippen molar-refractivity contribution in [1.82, 2.24) is 5.32 Å². The molecule has 0 aromatic heterocycles. The molecule has 14 heavy (non-hydrogen) atoms. The molecule has 0 aromatic rings. The molecule has 0 aromatic carbocycles. The maximum absolute atomic E-state index is 11.1. The van der Waals surface area contributed by atoms with Crippen LogP contribution in [0.1, 0.15) is 19.8 Å². The number of esters is 1. The minimum atomic E-state index is -0.206. The van der Waals surface area contributed by atoms with Crippen LogP contribution in [0.4, 0.5) is 0 Å². The van der Waals surface area contributed by atoms with Crippen LogP contribution in [0.5, 0.6) is 0 Å². The highest BCUT2D eigenvalue weighted by Crippen LogP contribution is 2.18. The Kier molecular flexibility index (Phi) is 3.68. The molecule has 0 spiro atoms. The van der Waals surface area contributed by atoms with Crippen LogP contribution in [0.15, 0.2) is 12.2 Å². The molecule has 0 bridgehead atoms. The van der Waals surface area contributed by atoms with E-state index in [1.54, 1.807) is 6.08 Å². The van der Waals surface area contributed by atoms with Crippen LogP contribution in [0.25, 0.3) is 0 Å². The molecule has 0 radical (unpaired) electrons. The minimum absolute atomic E-state index is 0.0452. The number of hydrogen-bond acceptors (Lipinski definition) is 3. The van der Waals surface area contributed by atoms with Crippen LogP contribution < -0.4 is 5.32 Å². The highest BCUT2D eigenvalue weighted by molar-refractivity contribution is 5.75. The maximum atomic E-state index is 11.1. The number of ether oxygens (including phenoxy) is 1. The highest BCUT2D eigenvalue weighted by atomic mass is 16.5. The third kappa shape index (κ3) is 2.87. The minimum Gasteiger partial charge on any atom is -0.469 e. The first-order valence-corrected chi connectivity index (χ1v) is 4.66. The quantitative estimate of drug-likeness (QED) is 0.522. The third-order valence-corrected chi connectivity index (χ3v) is 2.26. The molecule has 1 amide bonds. The van der Waals surface area contributed by atoms with Crippen LogP contribution in [0.2, 0.25) is 0 Å². The fourth-order valence-corrected chi connectivity index (χ4v) is 1.55. The van der Waals surface area contributed by atoms with Crippen molar-refractivity contribution >= 4 is 11.9 Å². The van der Waals surface area contributed by atoms with Crippen molar-refractivity contribution in [2.75, 3.05) is 7.11 Å². The molecule has 0 saturated heterocycles. The monoisotopic (exact) mass is 197 g/mol. The first kappa shape index (κ1) is 10.8. The standard InChI is InChI=1S/C10H15NO3/c1-7(12)11-9-5-3-8(4-6-9)10(13)14-2/h3,5,8-9H,4,6H2,1-2H3,(H,11,12)/t8-,9+/m0/s1. The Balaban J connectivity index is 2.47. The van der Waals surface area contributed by atoms with E-state index in [2.05, 4.69) is 10.1 Å². The highest BCUT2D eigenvalue weighted by Gasteiger charge is 2.22. The van der Waals surface area contributed by atoms with Crippen molar-refractivity contribution < 1.29 is 14.3 Å². The van der Waals surface area contributed by atoms with Gasteiger partial charge in [0, 0.05) is 13.0 Å². The fraction of sp³-hybridized carbons (Fsp3) is 0.600. The van der Waals surface area contributed by atoms with Crippen LogP contribution >= 0.6 is 0 Å². The lowest BCUT2D eigenvalue weighted by atomic mass is 9.93. The average molecular weight is 197 g/mol. The first-order valence-electron chi connectivity index (χ1n) is 4.66. The molecular formula is C10H15NO3. The maximum Gasteiger partial charge on any atom is 0.312 e. The molecule has 0 aliphatic heterocycles. The number of carbonyl (C=O) groups is 2. The summed E-state index contributed by atoms with van der Waals surface area (Å²) in [6, 6.07) is 0.0633. The van der Waals surface area contributed by atoms with Gasteiger partial charge in [0.2, 0.25) is 5.91 Å². The van der Waals surface area contributed by atoms with Gasteiger partial charge in [-0.3, -0.25) is 9.59 Å². The summed E-state index contributed by atoms with van der Waals surface area (Å²) < 4.78 is 4.63. The lowest BCUT2D eigenvalue weighted by Gasteiger charge is -2.21. The van der Waals surface area contributed by atoms with Crippen LogP contribution in [-0.4, -0.2) is 25.0 Å². The summed E-state index contributed by atoms with van der Waals surface area (Å²) in [7, 11) is 1.39. The van der Waals surface area contributed by atoms with Gasteiger partial charge in [0.15, 0.2) is 0 Å². The second-order valence-electron chi connectivity index (χ2n) is 3.40. The van der Waals surface area contributed by atoms with Gasteiger partial charge in [-0.2, -0.15) is 0 Å². The number of carbonyl (C=O) groups excluding carboxylic acids is 2. The SMILES string of the molecule is COC(=O)[C@H]1C=C[C@@H](NC(C)=O)CC1. The van der Waals surface area contributed by atoms with E-state index < -0.39 is 0 Å². The largest absolute Gasteiger partial charge is 0.469 e. The molecule has 1 aliphatic rings. The van der Waals surface area contributed by atoms with Gasteiger partial charge in [-0.25, -0.2) is 0 Å². The summed E-state index contributed by atoms with van der Waals surface area (Å²) in [5.41, 5.74) is 0. The van der Waals surface area contributed by atoms with Gasteiger partial charge in [0.05, 0.1) is 13.0 Å². The van der Waals surface area contributed by atoms with Gasteiger partial charge >= 0.3 is 5.97 Å². The zero-order valence-corrected chi connectivity index (χ0v) is 8.45. The topological polar surface area (TPSA) is 55.4 Å². The zero-order valence-electron chi connectivity index (χ0n) is 8.45. The molecule has 4 nitrogen and oxygen atoms in total. The normalized spacial score (nSPS) is 25.6. The molecule has 1 rings (SSSR count). The van der Waals surface area contributed by atoms with Crippen molar-refractivity contribution in [2.24, 2.45) is 5.92 Å². The number of hydrogen-bond donors (Lipinski definition) is 1. The van der Waals surface area contributed by atoms with E-state index in [4.69, 9.17) is 0 Å². The summed E-state index contributed by atoms with van der Waals surface area (Å²) in [6.07, 6.45) is 5.17. The lowest BCUT2D eigenvalue weighted by Crippen LogP contribution is -2.34. The van der Waals surface area contributed by atoms with Crippen molar-refractivity contribution in [1.29, 1.82) is 0 Å². The molecule has 0 fully saturated rings. The molecule has 0 heterocycles. The lowest BCUT2D eigenvalue weighted by molar-refractivity contribution is -0.144. The second kappa shape index (κ2) is 4.79. The Labute approximate surface area is 83.3 Å². The predicted molar refractivity (Wildman–Crippen MR) is 51.5 cm³/mol. The molecule has 2 atom stereocenters. The summed E-state index contributed by atoms with van der Waals surface area (Å²) >= 11 is 0. The Morgan fingerprint density at radius 1 is 1.36 bits per heavy atom. The van der Waals surface area contributed by atoms with Gasteiger partial charge in [-0.15, -0.1) is 0 Å². The van der Waals surface area contributed by atoms with E-state index in [9.17, 15) is 9.59 Å². The Hall–Kier alpha value is -1.32. The molecule has 4 heteroatoms. The van der Waals surface area contributed by atoms with Crippen LogP contribution in [-0.2, 0) is 14.3 Å². The Bertz CT molecular complexity index is 260. The van der Waals surface area contributed by atoms with Crippen LogP contribution in [0, 0.1) is 5.92 Å². The molecule has 1 aliphatic carbocycles. The summed E-state index contributed by atoms with van der Waals surface area (Å²) in [5, 5.41) is 2.78. The number of methoxy groups -OCH3 is 1. The van der Waals surface area contributed by atoms with E-state index >= 15 is 0 Å². The Morgan fingerprint density at radius 2 is 2.07 bits per heavy atom. The van der Waals surface area contributed by atoms with Gasteiger partial charge in [0.25, 0.3) is 0 Å². The first-order chi connectivity index (χ1) is 6.63. The van der Waals surface area contributed by atoms with Gasteiger partial charge < -0.3 is 10.1 Å². The fourth-order valence-electron chi connectivity index (χ4n) is 1.55. The van der Waals surface area contributed by atoms with E-state index in [-0.39, 0.29) is 23.8 Å². The van der Waals surface area contributed by atoms with Crippen molar-refractivity contribution in [2.45, 2.75) is 25.8 Å². The number of nitrogens with one attached hydrogen (secondary N) is 1. The zero-order chi connectivity index (χ0) is 10.6. The number of rotatable bonds is 2. The van der Waals surface area contributed by atoms with Gasteiger partial charge in [-0.1, -0.05) is 12.2 Å². The van der Waals surface area contributed by atoms with E-state index in [0.29, 0.717) is 0 Å². The van der Waals surface area contributed by atoms with E-state index in [1.807, 2.05) is 6.08 Å². The van der Waals surface area contributed by atoms with Crippen molar-refractivity contribution in [3.8, 4) is 0 Å². The average Bonchev–Trinajstić information content (AvgIpc) is 2.17. The van der Waals surface area contributed by atoms with Crippen molar-refractivity contribution in [3.05, 3.63) is 12.2 Å². The van der Waals surface area contributed by atoms with Crippen LogP contribution in [0.3, 0.4) is 0 Å². The molecule has 78 valence electrons. The second-order valence-corrected chi connectivity index (χ2v) is 3.40. The van der Waals surface area contributed by atoms with Gasteiger partial charge in [0.1, 0.15) is 0 Å². The third-order valence-electron chi connectivity index (χ3n) is 2.26. The van der Waals surface area contributed by atoms with E-state index in [1.165, 1.54) is 14.0 Å². The Morgan fingerprint density at radius 3 is 2.50 bits per heavy atom. The predicted octanol–water partition coefficient (Wildman–Crippen LogP) is 0.630. The molecule has 1 N–H and O–H groups in total. The van der Waals surface area contributed by atoms with E-state index in [0.717, 1.165) is 12.8 Å². The number of amides is 1. The van der Waals surface area contributed by atoms with Crippen molar-refractivity contribution in [3.63, 3.8) is 0 Å². The smallest absolute Gasteiger partial charge is 0.312 e. The molecule has 0 saturated carbocycles. The summed E-state index contributed by atoms with van der Waals surface area (Å²) in [4.78, 5) is 21.9. The summed E-state index contributed by atoms with van der Waals surface area (Å²) in [6.45, 7) is 1.49. The van der Waals surface area contributed by atoms with Gasteiger partial charge in [-0.05, 0) is 12.8 Å². The summed E-state index contributed by atoms with van der Waals surface area (Å²) in [5.74, 6) is -0.399. The molecular weight excluding hydrogens is 182 g/mol. The molecule has 0 unspecified atom stereocenters.